The molecular formula is C17H24N2O. The van der Waals surface area contributed by atoms with Crippen molar-refractivity contribution in [2.45, 2.75) is 27.7 Å². The van der Waals surface area contributed by atoms with Crippen molar-refractivity contribution < 1.29 is 0 Å². The Morgan fingerprint density at radius 1 is 1.25 bits per heavy atom. The molecule has 0 radical (unpaired) electrons. The van der Waals surface area contributed by atoms with Gasteiger partial charge in [0, 0.05) is 30.7 Å². The van der Waals surface area contributed by atoms with E-state index in [0.29, 0.717) is 5.92 Å². The van der Waals surface area contributed by atoms with Crippen molar-refractivity contribution in [3.05, 3.63) is 40.7 Å². The highest BCUT2D eigenvalue weighted by Crippen LogP contribution is 2.27. The van der Waals surface area contributed by atoms with Gasteiger partial charge >= 0.3 is 0 Å². The van der Waals surface area contributed by atoms with Crippen LogP contribution in [0.4, 0.5) is 5.69 Å². The number of nitrogens with one attached hydrogen (secondary N) is 1. The standard InChI is InChI=1S/C17H24N2O/c1-12(17(2,3)4)11-18-14-10-16(20)19(5)15-9-7-6-8-13(14)15/h6-10,12,18H,11H2,1-5H3. The smallest absolute Gasteiger partial charge is 0.252 e. The van der Waals surface area contributed by atoms with Crippen LogP contribution in [0.2, 0.25) is 0 Å². The van der Waals surface area contributed by atoms with Crippen LogP contribution < -0.4 is 10.9 Å². The van der Waals surface area contributed by atoms with Gasteiger partial charge < -0.3 is 9.88 Å². The molecule has 1 heterocycles. The van der Waals surface area contributed by atoms with Gasteiger partial charge in [-0.1, -0.05) is 45.9 Å². The van der Waals surface area contributed by atoms with Crippen molar-refractivity contribution in [3.63, 3.8) is 0 Å². The lowest BCUT2D eigenvalue weighted by Crippen LogP contribution is -2.26. The fraction of sp³-hybridized carbons (Fsp3) is 0.471. The number of hydrogen-bond donors (Lipinski definition) is 1. The van der Waals surface area contributed by atoms with Gasteiger partial charge in [-0.05, 0) is 17.4 Å². The quantitative estimate of drug-likeness (QED) is 0.925. The van der Waals surface area contributed by atoms with Crippen LogP contribution in [-0.2, 0) is 7.05 Å². The van der Waals surface area contributed by atoms with Crippen molar-refractivity contribution >= 4 is 16.6 Å². The van der Waals surface area contributed by atoms with Gasteiger partial charge in [-0.2, -0.15) is 0 Å². The predicted octanol–water partition coefficient (Wildman–Crippen LogP) is 3.63. The molecule has 1 aromatic carbocycles. The summed E-state index contributed by atoms with van der Waals surface area (Å²) >= 11 is 0. The molecule has 0 amide bonds. The first-order chi connectivity index (χ1) is 9.30. The molecule has 1 unspecified atom stereocenters. The minimum absolute atomic E-state index is 0.0228. The second-order valence-electron chi connectivity index (χ2n) is 6.62. The van der Waals surface area contributed by atoms with E-state index in [9.17, 15) is 4.79 Å². The summed E-state index contributed by atoms with van der Waals surface area (Å²) in [5.74, 6) is 0.519. The molecule has 20 heavy (non-hydrogen) atoms. The molecule has 0 aliphatic rings. The van der Waals surface area contributed by atoms with E-state index in [1.807, 2.05) is 25.2 Å². The van der Waals surface area contributed by atoms with Crippen molar-refractivity contribution in [1.82, 2.24) is 4.57 Å². The largest absolute Gasteiger partial charge is 0.384 e. The number of hydrogen-bond acceptors (Lipinski definition) is 2. The highest BCUT2D eigenvalue weighted by molar-refractivity contribution is 5.91. The highest BCUT2D eigenvalue weighted by Gasteiger charge is 2.19. The maximum atomic E-state index is 12.0. The molecule has 2 aromatic rings. The summed E-state index contributed by atoms with van der Waals surface area (Å²) in [4.78, 5) is 12.0. The van der Waals surface area contributed by atoms with Crippen LogP contribution in [0.15, 0.2) is 35.1 Å². The lowest BCUT2D eigenvalue weighted by molar-refractivity contribution is 0.274. The first-order valence-corrected chi connectivity index (χ1v) is 7.13. The molecular weight excluding hydrogens is 248 g/mol. The average molecular weight is 272 g/mol. The Balaban J connectivity index is 2.36. The number of pyridine rings is 1. The Hall–Kier alpha value is -1.77. The van der Waals surface area contributed by atoms with Gasteiger partial charge in [-0.25, -0.2) is 0 Å². The molecule has 3 heteroatoms. The van der Waals surface area contributed by atoms with Crippen LogP contribution in [-0.4, -0.2) is 11.1 Å². The van der Waals surface area contributed by atoms with E-state index in [1.54, 1.807) is 10.6 Å². The number of aromatic nitrogens is 1. The van der Waals surface area contributed by atoms with Crippen molar-refractivity contribution in [1.29, 1.82) is 0 Å². The second-order valence-corrected chi connectivity index (χ2v) is 6.62. The van der Waals surface area contributed by atoms with Gasteiger partial charge in [-0.3, -0.25) is 4.79 Å². The topological polar surface area (TPSA) is 34.0 Å². The summed E-state index contributed by atoms with van der Waals surface area (Å²) in [6, 6.07) is 9.69. The third-order valence-electron chi connectivity index (χ3n) is 4.23. The second kappa shape index (κ2) is 5.31. The van der Waals surface area contributed by atoms with Gasteiger partial charge in [0.2, 0.25) is 0 Å². The lowest BCUT2D eigenvalue weighted by Gasteiger charge is -2.28. The maximum Gasteiger partial charge on any atom is 0.252 e. The summed E-state index contributed by atoms with van der Waals surface area (Å²) in [6.45, 7) is 9.81. The molecule has 1 N–H and O–H groups in total. The van der Waals surface area contributed by atoms with Crippen molar-refractivity contribution in [2.75, 3.05) is 11.9 Å². The number of anilines is 1. The average Bonchev–Trinajstić information content (AvgIpc) is 2.40. The number of benzene rings is 1. The van der Waals surface area contributed by atoms with Gasteiger partial charge in [-0.15, -0.1) is 0 Å². The summed E-state index contributed by atoms with van der Waals surface area (Å²) in [7, 11) is 1.81. The molecule has 0 saturated carbocycles. The molecule has 0 saturated heterocycles. The number of para-hydroxylation sites is 1. The van der Waals surface area contributed by atoms with E-state index in [-0.39, 0.29) is 11.0 Å². The normalized spacial score (nSPS) is 13.4. The van der Waals surface area contributed by atoms with Crippen LogP contribution in [0.25, 0.3) is 10.9 Å². The Morgan fingerprint density at radius 2 is 1.90 bits per heavy atom. The Kier molecular flexibility index (Phi) is 3.89. The van der Waals surface area contributed by atoms with Crippen molar-refractivity contribution in [2.24, 2.45) is 18.4 Å². The molecule has 2 rings (SSSR count). The van der Waals surface area contributed by atoms with E-state index in [2.05, 4.69) is 39.1 Å². The third kappa shape index (κ3) is 2.87. The van der Waals surface area contributed by atoms with Gasteiger partial charge in [0.05, 0.1) is 5.52 Å². The third-order valence-corrected chi connectivity index (χ3v) is 4.23. The summed E-state index contributed by atoms with van der Waals surface area (Å²) in [5, 5.41) is 4.54. The molecule has 0 spiro atoms. The van der Waals surface area contributed by atoms with E-state index in [1.165, 1.54) is 0 Å². The first kappa shape index (κ1) is 14.6. The number of rotatable bonds is 3. The number of aryl methyl sites for hydroxylation is 1. The Bertz CT molecular complexity index is 665. The number of nitrogens with zero attached hydrogens (tertiary/aromatic N) is 1. The van der Waals surface area contributed by atoms with Gasteiger partial charge in [0.15, 0.2) is 0 Å². The first-order valence-electron chi connectivity index (χ1n) is 7.13. The highest BCUT2D eigenvalue weighted by atomic mass is 16.1. The molecule has 0 fully saturated rings. The Labute approximate surface area is 120 Å². The van der Waals surface area contributed by atoms with E-state index >= 15 is 0 Å². The van der Waals surface area contributed by atoms with E-state index in [0.717, 1.165) is 23.1 Å². The maximum absolute atomic E-state index is 12.0. The molecule has 0 aliphatic carbocycles. The summed E-state index contributed by atoms with van der Waals surface area (Å²) < 4.78 is 1.69. The van der Waals surface area contributed by atoms with Crippen molar-refractivity contribution in [3.8, 4) is 0 Å². The van der Waals surface area contributed by atoms with Crippen LogP contribution >= 0.6 is 0 Å². The van der Waals surface area contributed by atoms with Gasteiger partial charge in [0.25, 0.3) is 5.56 Å². The molecule has 0 bridgehead atoms. The summed E-state index contributed by atoms with van der Waals surface area (Å²) in [5.41, 5.74) is 2.17. The molecule has 1 aromatic heterocycles. The van der Waals surface area contributed by atoms with Gasteiger partial charge in [0.1, 0.15) is 0 Å². The predicted molar refractivity (Wildman–Crippen MR) is 86.3 cm³/mol. The van der Waals surface area contributed by atoms with Crippen LogP contribution in [0.5, 0.6) is 0 Å². The Morgan fingerprint density at radius 3 is 2.55 bits per heavy atom. The summed E-state index contributed by atoms with van der Waals surface area (Å²) in [6.07, 6.45) is 0. The minimum atomic E-state index is 0.0228. The van der Waals surface area contributed by atoms with Crippen LogP contribution in [0.3, 0.4) is 0 Å². The van der Waals surface area contributed by atoms with Crippen LogP contribution in [0, 0.1) is 11.3 Å². The molecule has 0 aliphatic heterocycles. The lowest BCUT2D eigenvalue weighted by atomic mass is 9.82. The van der Waals surface area contributed by atoms with E-state index < -0.39 is 0 Å². The molecule has 108 valence electrons. The zero-order chi connectivity index (χ0) is 14.9. The van der Waals surface area contributed by atoms with E-state index in [4.69, 9.17) is 0 Å². The fourth-order valence-electron chi connectivity index (χ4n) is 2.13. The number of fused-ring (bicyclic) bond motifs is 1. The molecule has 1 atom stereocenters. The monoisotopic (exact) mass is 272 g/mol. The molecule has 3 nitrogen and oxygen atoms in total. The fourth-order valence-corrected chi connectivity index (χ4v) is 2.13. The zero-order valence-corrected chi connectivity index (χ0v) is 13.0. The SMILES string of the molecule is CC(CNc1cc(=O)n(C)c2ccccc12)C(C)(C)C. The minimum Gasteiger partial charge on any atom is -0.384 e. The van der Waals surface area contributed by atoms with Crippen LogP contribution in [0.1, 0.15) is 27.7 Å². The zero-order valence-electron chi connectivity index (χ0n) is 13.0.